The minimum absolute atomic E-state index is 0.0673. The van der Waals surface area contributed by atoms with Crippen LogP contribution in [0.25, 0.3) is 6.08 Å². The number of ether oxygens (including phenoxy) is 2. The Morgan fingerprint density at radius 3 is 2.19 bits per heavy atom. The Bertz CT molecular complexity index is 957. The molecule has 4 heteroatoms. The lowest BCUT2D eigenvalue weighted by Gasteiger charge is -2.08. The van der Waals surface area contributed by atoms with Gasteiger partial charge in [0.25, 0.3) is 0 Å². The zero-order valence-electron chi connectivity index (χ0n) is 14.8. The number of carbonyl (C=O) groups excluding carboxylic acids is 2. The Morgan fingerprint density at radius 1 is 0.815 bits per heavy atom. The molecule has 0 heterocycles. The van der Waals surface area contributed by atoms with Crippen LogP contribution in [0.1, 0.15) is 26.3 Å². The van der Waals surface area contributed by atoms with Crippen LogP contribution in [0.3, 0.4) is 0 Å². The zero-order valence-corrected chi connectivity index (χ0v) is 14.8. The molecule has 0 aromatic heterocycles. The first-order valence-corrected chi connectivity index (χ1v) is 8.40. The molecule has 0 spiro atoms. The van der Waals surface area contributed by atoms with E-state index in [2.05, 4.69) is 0 Å². The fourth-order valence-corrected chi connectivity index (χ4v) is 2.49. The summed E-state index contributed by atoms with van der Waals surface area (Å²) in [5, 5.41) is 0. The lowest BCUT2D eigenvalue weighted by Crippen LogP contribution is -2.09. The fraction of sp³-hybridized carbons (Fsp3) is 0.0435. The summed E-state index contributed by atoms with van der Waals surface area (Å²) in [6, 6.07) is 22.9. The second-order valence-electron chi connectivity index (χ2n) is 5.72. The van der Waals surface area contributed by atoms with Crippen LogP contribution in [0.4, 0.5) is 0 Å². The van der Waals surface area contributed by atoms with E-state index in [1.165, 1.54) is 13.2 Å². The van der Waals surface area contributed by atoms with Crippen LogP contribution < -0.4 is 9.47 Å². The summed E-state index contributed by atoms with van der Waals surface area (Å²) in [4.78, 5) is 24.4. The van der Waals surface area contributed by atoms with Crippen molar-refractivity contribution in [1.82, 2.24) is 0 Å². The molecule has 3 aromatic carbocycles. The topological polar surface area (TPSA) is 52.6 Å². The third-order valence-corrected chi connectivity index (χ3v) is 3.90. The molecule has 4 nitrogen and oxygen atoms in total. The van der Waals surface area contributed by atoms with Crippen molar-refractivity contribution < 1.29 is 19.1 Å². The summed E-state index contributed by atoms with van der Waals surface area (Å²) in [5.74, 6) is 0.316. The standard InChI is InChI=1S/C23H18O4/c1-26-22-10-6-5-9-20(22)23(25)27-19-14-11-17(12-15-19)13-16-21(24)18-7-3-2-4-8-18/h2-16H,1H3/b16-13-. The number of hydrogen-bond acceptors (Lipinski definition) is 4. The van der Waals surface area contributed by atoms with E-state index in [0.717, 1.165) is 5.56 Å². The molecule has 0 saturated carbocycles. The lowest BCUT2D eigenvalue weighted by atomic mass is 10.1. The van der Waals surface area contributed by atoms with Crippen molar-refractivity contribution in [2.45, 2.75) is 0 Å². The molecule has 0 amide bonds. The van der Waals surface area contributed by atoms with E-state index in [1.54, 1.807) is 66.7 Å². The summed E-state index contributed by atoms with van der Waals surface area (Å²) in [6.45, 7) is 0. The van der Waals surface area contributed by atoms with Crippen LogP contribution in [0.15, 0.2) is 84.9 Å². The van der Waals surface area contributed by atoms with Crippen molar-refractivity contribution in [2.24, 2.45) is 0 Å². The number of ketones is 1. The molecule has 0 aliphatic rings. The van der Waals surface area contributed by atoms with Gasteiger partial charge in [-0.1, -0.05) is 60.7 Å². The van der Waals surface area contributed by atoms with Crippen molar-refractivity contribution in [2.75, 3.05) is 7.11 Å². The molecule has 3 aromatic rings. The number of allylic oxidation sites excluding steroid dienone is 1. The van der Waals surface area contributed by atoms with Crippen LogP contribution in [0.5, 0.6) is 11.5 Å². The normalized spacial score (nSPS) is 10.6. The predicted octanol–water partition coefficient (Wildman–Crippen LogP) is 4.81. The Kier molecular flexibility index (Phi) is 5.80. The van der Waals surface area contributed by atoms with Crippen molar-refractivity contribution in [3.05, 3.63) is 102 Å². The highest BCUT2D eigenvalue weighted by molar-refractivity contribution is 6.06. The average Bonchev–Trinajstić information content (AvgIpc) is 2.73. The largest absolute Gasteiger partial charge is 0.496 e. The maximum absolute atomic E-state index is 12.3. The monoisotopic (exact) mass is 358 g/mol. The predicted molar refractivity (Wildman–Crippen MR) is 104 cm³/mol. The highest BCUT2D eigenvalue weighted by Gasteiger charge is 2.13. The number of carbonyl (C=O) groups is 2. The van der Waals surface area contributed by atoms with Crippen molar-refractivity contribution in [3.8, 4) is 11.5 Å². The van der Waals surface area contributed by atoms with Crippen LogP contribution in [-0.4, -0.2) is 18.9 Å². The second-order valence-corrected chi connectivity index (χ2v) is 5.72. The Balaban J connectivity index is 1.66. The molecule has 0 radical (unpaired) electrons. The molecule has 27 heavy (non-hydrogen) atoms. The van der Waals surface area contributed by atoms with Gasteiger partial charge in [0.2, 0.25) is 0 Å². The summed E-state index contributed by atoms with van der Waals surface area (Å²) >= 11 is 0. The van der Waals surface area contributed by atoms with Crippen LogP contribution in [0, 0.1) is 0 Å². The van der Waals surface area contributed by atoms with Crippen molar-refractivity contribution in [1.29, 1.82) is 0 Å². The molecular weight excluding hydrogens is 340 g/mol. The van der Waals surface area contributed by atoms with Crippen molar-refractivity contribution in [3.63, 3.8) is 0 Å². The number of methoxy groups -OCH3 is 1. The smallest absolute Gasteiger partial charge is 0.347 e. The van der Waals surface area contributed by atoms with Gasteiger partial charge >= 0.3 is 5.97 Å². The van der Waals surface area contributed by atoms with Crippen molar-refractivity contribution >= 4 is 17.8 Å². The van der Waals surface area contributed by atoms with Gasteiger partial charge in [-0.25, -0.2) is 4.79 Å². The van der Waals surface area contributed by atoms with E-state index >= 15 is 0 Å². The first-order valence-electron chi connectivity index (χ1n) is 8.40. The summed E-state index contributed by atoms with van der Waals surface area (Å²) in [5.41, 5.74) is 1.82. The molecule has 0 atom stereocenters. The van der Waals surface area contributed by atoms with Gasteiger partial charge in [0.1, 0.15) is 17.1 Å². The van der Waals surface area contributed by atoms with Gasteiger partial charge in [0.05, 0.1) is 7.11 Å². The van der Waals surface area contributed by atoms with Gasteiger partial charge < -0.3 is 9.47 Å². The molecule has 0 fully saturated rings. The average molecular weight is 358 g/mol. The highest BCUT2D eigenvalue weighted by atomic mass is 16.5. The first kappa shape index (κ1) is 18.1. The van der Waals surface area contributed by atoms with Crippen LogP contribution in [-0.2, 0) is 0 Å². The maximum atomic E-state index is 12.3. The SMILES string of the molecule is COc1ccccc1C(=O)Oc1ccc(/C=C\C(=O)c2ccccc2)cc1. The van der Waals surface area contributed by atoms with Gasteiger partial charge in [-0.3, -0.25) is 4.79 Å². The summed E-state index contributed by atoms with van der Waals surface area (Å²) in [6.07, 6.45) is 3.24. The van der Waals surface area contributed by atoms with E-state index < -0.39 is 5.97 Å². The quantitative estimate of drug-likeness (QED) is 0.275. The highest BCUT2D eigenvalue weighted by Crippen LogP contribution is 2.21. The molecule has 0 bridgehead atoms. The van der Waals surface area contributed by atoms with E-state index in [-0.39, 0.29) is 5.78 Å². The van der Waals surface area contributed by atoms with E-state index in [9.17, 15) is 9.59 Å². The number of esters is 1. The third-order valence-electron chi connectivity index (χ3n) is 3.90. The minimum atomic E-state index is -0.491. The molecule has 134 valence electrons. The number of para-hydroxylation sites is 1. The van der Waals surface area contributed by atoms with E-state index in [4.69, 9.17) is 9.47 Å². The minimum Gasteiger partial charge on any atom is -0.496 e. The number of rotatable bonds is 6. The van der Waals surface area contributed by atoms with Gasteiger partial charge in [-0.15, -0.1) is 0 Å². The van der Waals surface area contributed by atoms with Gasteiger partial charge in [-0.2, -0.15) is 0 Å². The number of benzene rings is 3. The molecule has 0 aliphatic carbocycles. The van der Waals surface area contributed by atoms with Gasteiger partial charge in [0.15, 0.2) is 5.78 Å². The third kappa shape index (κ3) is 4.70. The van der Waals surface area contributed by atoms with Crippen LogP contribution in [0.2, 0.25) is 0 Å². The maximum Gasteiger partial charge on any atom is 0.347 e. The molecular formula is C23H18O4. The number of hydrogen-bond donors (Lipinski definition) is 0. The first-order chi connectivity index (χ1) is 13.2. The Labute approximate surface area is 157 Å². The summed E-state index contributed by atoms with van der Waals surface area (Å²) < 4.78 is 10.6. The lowest BCUT2D eigenvalue weighted by molar-refractivity contribution is 0.0731. The zero-order chi connectivity index (χ0) is 19.1. The molecule has 0 unspecified atom stereocenters. The van der Waals surface area contributed by atoms with E-state index in [0.29, 0.717) is 22.6 Å². The Morgan fingerprint density at radius 2 is 1.48 bits per heavy atom. The van der Waals surface area contributed by atoms with Gasteiger partial charge in [-0.05, 0) is 35.9 Å². The van der Waals surface area contributed by atoms with E-state index in [1.807, 2.05) is 18.2 Å². The molecule has 0 saturated heterocycles. The summed E-state index contributed by atoms with van der Waals surface area (Å²) in [7, 11) is 1.50. The molecule has 3 rings (SSSR count). The fourth-order valence-electron chi connectivity index (χ4n) is 2.49. The van der Waals surface area contributed by atoms with Crippen LogP contribution >= 0.6 is 0 Å². The second kappa shape index (κ2) is 8.63. The Hall–Kier alpha value is -3.66. The van der Waals surface area contributed by atoms with Gasteiger partial charge in [0, 0.05) is 5.56 Å². The molecule has 0 aliphatic heterocycles. The molecule has 0 N–H and O–H groups in total.